The largest absolute Gasteiger partial charge is 0.494 e. The minimum atomic E-state index is -0.264. The van der Waals surface area contributed by atoms with Gasteiger partial charge >= 0.3 is 0 Å². The zero-order valence-electron chi connectivity index (χ0n) is 13.4. The smallest absolute Gasteiger partial charge is 0.165 e. The van der Waals surface area contributed by atoms with E-state index in [1.807, 2.05) is 6.07 Å². The molecule has 0 saturated carbocycles. The van der Waals surface area contributed by atoms with Crippen molar-refractivity contribution in [1.29, 1.82) is 0 Å². The number of halogens is 1. The summed E-state index contributed by atoms with van der Waals surface area (Å²) in [5.41, 5.74) is 1.07. The van der Waals surface area contributed by atoms with Gasteiger partial charge < -0.3 is 10.1 Å². The Morgan fingerprint density at radius 3 is 2.52 bits per heavy atom. The van der Waals surface area contributed by atoms with E-state index >= 15 is 0 Å². The summed E-state index contributed by atoms with van der Waals surface area (Å²) in [6.45, 7) is 8.55. The molecule has 1 aromatic carbocycles. The number of piperazine rings is 1. The van der Waals surface area contributed by atoms with Crippen LogP contribution in [0.3, 0.4) is 0 Å². The van der Waals surface area contributed by atoms with Crippen LogP contribution in [0.25, 0.3) is 0 Å². The van der Waals surface area contributed by atoms with Crippen molar-refractivity contribution >= 4 is 0 Å². The lowest BCUT2D eigenvalue weighted by Gasteiger charge is -2.35. The molecule has 0 radical (unpaired) electrons. The number of nitrogens with zero attached hydrogens (tertiary/aromatic N) is 1. The van der Waals surface area contributed by atoms with Gasteiger partial charge in [0, 0.05) is 32.2 Å². The Bertz CT molecular complexity index is 444. The molecule has 2 rings (SSSR count). The van der Waals surface area contributed by atoms with Crippen molar-refractivity contribution in [2.24, 2.45) is 5.92 Å². The van der Waals surface area contributed by atoms with Crippen LogP contribution < -0.4 is 10.1 Å². The highest BCUT2D eigenvalue weighted by Crippen LogP contribution is 2.30. The van der Waals surface area contributed by atoms with E-state index in [-0.39, 0.29) is 5.82 Å². The van der Waals surface area contributed by atoms with E-state index in [0.717, 1.165) is 44.6 Å². The van der Waals surface area contributed by atoms with E-state index in [2.05, 4.69) is 24.1 Å². The minimum Gasteiger partial charge on any atom is -0.494 e. The van der Waals surface area contributed by atoms with Crippen molar-refractivity contribution < 1.29 is 9.13 Å². The summed E-state index contributed by atoms with van der Waals surface area (Å²) in [5.74, 6) is 0.722. The number of ether oxygens (including phenoxy) is 1. The highest BCUT2D eigenvalue weighted by Gasteiger charge is 2.23. The van der Waals surface area contributed by atoms with Crippen LogP contribution in [0.1, 0.15) is 38.3 Å². The Kier molecular flexibility index (Phi) is 6.00. The molecule has 0 amide bonds. The Morgan fingerprint density at radius 2 is 1.95 bits per heavy atom. The fraction of sp³-hybridized carbons (Fsp3) is 0.647. The van der Waals surface area contributed by atoms with Gasteiger partial charge in [-0.2, -0.15) is 0 Å². The van der Waals surface area contributed by atoms with E-state index in [4.69, 9.17) is 4.74 Å². The Labute approximate surface area is 127 Å². The van der Waals surface area contributed by atoms with Gasteiger partial charge in [-0.1, -0.05) is 19.9 Å². The van der Waals surface area contributed by atoms with Gasteiger partial charge in [0.05, 0.1) is 7.11 Å². The summed E-state index contributed by atoms with van der Waals surface area (Å²) < 4.78 is 19.0. The average molecular weight is 294 g/mol. The number of hydrogen-bond acceptors (Lipinski definition) is 3. The van der Waals surface area contributed by atoms with Gasteiger partial charge in [0.25, 0.3) is 0 Å². The number of benzene rings is 1. The molecule has 1 aliphatic rings. The van der Waals surface area contributed by atoms with Gasteiger partial charge in [-0.25, -0.2) is 4.39 Å². The van der Waals surface area contributed by atoms with E-state index in [9.17, 15) is 4.39 Å². The van der Waals surface area contributed by atoms with Gasteiger partial charge in [0.1, 0.15) is 0 Å². The maximum Gasteiger partial charge on any atom is 0.165 e. The molecule has 1 aromatic rings. The minimum absolute atomic E-state index is 0.264. The van der Waals surface area contributed by atoms with Crippen LogP contribution in [0.2, 0.25) is 0 Å². The van der Waals surface area contributed by atoms with Crippen LogP contribution in [0.5, 0.6) is 5.75 Å². The molecule has 3 nitrogen and oxygen atoms in total. The number of hydrogen-bond donors (Lipinski definition) is 1. The van der Waals surface area contributed by atoms with Gasteiger partial charge in [-0.15, -0.1) is 0 Å². The third-order valence-corrected chi connectivity index (χ3v) is 4.17. The lowest BCUT2D eigenvalue weighted by Crippen LogP contribution is -2.45. The monoisotopic (exact) mass is 294 g/mol. The SMILES string of the molecule is COc1ccc([C@H](CCC(C)C)N2CCNCC2)cc1F. The molecule has 0 spiro atoms. The first-order valence-corrected chi connectivity index (χ1v) is 7.90. The molecule has 0 aliphatic carbocycles. The van der Waals surface area contributed by atoms with Gasteiger partial charge in [0.2, 0.25) is 0 Å². The lowest BCUT2D eigenvalue weighted by molar-refractivity contribution is 0.159. The van der Waals surface area contributed by atoms with Crippen LogP contribution in [-0.2, 0) is 0 Å². The first kappa shape index (κ1) is 16.2. The molecular formula is C17H27FN2O. The molecule has 1 saturated heterocycles. The summed E-state index contributed by atoms with van der Waals surface area (Å²) in [6.07, 6.45) is 2.23. The maximum atomic E-state index is 14.0. The summed E-state index contributed by atoms with van der Waals surface area (Å²) in [4.78, 5) is 2.47. The third-order valence-electron chi connectivity index (χ3n) is 4.17. The Hall–Kier alpha value is -1.13. The fourth-order valence-electron chi connectivity index (χ4n) is 2.93. The molecular weight excluding hydrogens is 267 g/mol. The van der Waals surface area contributed by atoms with Crippen LogP contribution in [0, 0.1) is 11.7 Å². The predicted octanol–water partition coefficient (Wildman–Crippen LogP) is 3.22. The second kappa shape index (κ2) is 7.76. The summed E-state index contributed by atoms with van der Waals surface area (Å²) in [6, 6.07) is 5.70. The fourth-order valence-corrected chi connectivity index (χ4v) is 2.93. The van der Waals surface area contributed by atoms with E-state index in [0.29, 0.717) is 17.7 Å². The molecule has 1 heterocycles. The third kappa shape index (κ3) is 4.42. The van der Waals surface area contributed by atoms with Crippen molar-refractivity contribution in [2.75, 3.05) is 33.3 Å². The molecule has 0 unspecified atom stereocenters. The summed E-state index contributed by atoms with van der Waals surface area (Å²) in [7, 11) is 1.50. The second-order valence-corrected chi connectivity index (χ2v) is 6.17. The topological polar surface area (TPSA) is 24.5 Å². The van der Waals surface area contributed by atoms with Crippen molar-refractivity contribution in [3.8, 4) is 5.75 Å². The first-order chi connectivity index (χ1) is 10.1. The van der Waals surface area contributed by atoms with Crippen LogP contribution in [0.15, 0.2) is 18.2 Å². The van der Waals surface area contributed by atoms with E-state index in [1.165, 1.54) is 7.11 Å². The summed E-state index contributed by atoms with van der Waals surface area (Å²) >= 11 is 0. The zero-order valence-corrected chi connectivity index (χ0v) is 13.4. The molecule has 21 heavy (non-hydrogen) atoms. The van der Waals surface area contributed by atoms with Gasteiger partial charge in [-0.05, 0) is 36.5 Å². The average Bonchev–Trinajstić information content (AvgIpc) is 2.48. The van der Waals surface area contributed by atoms with Crippen molar-refractivity contribution in [3.63, 3.8) is 0 Å². The predicted molar refractivity (Wildman–Crippen MR) is 84.2 cm³/mol. The normalized spacial score (nSPS) is 18.0. The maximum absolute atomic E-state index is 14.0. The molecule has 0 aromatic heterocycles. The van der Waals surface area contributed by atoms with Gasteiger partial charge in [0.15, 0.2) is 11.6 Å². The zero-order chi connectivity index (χ0) is 15.2. The Morgan fingerprint density at radius 1 is 1.24 bits per heavy atom. The molecule has 4 heteroatoms. The molecule has 1 aliphatic heterocycles. The highest BCUT2D eigenvalue weighted by atomic mass is 19.1. The van der Waals surface area contributed by atoms with Crippen molar-refractivity contribution in [2.45, 2.75) is 32.7 Å². The summed E-state index contributed by atoms with van der Waals surface area (Å²) in [5, 5.41) is 3.38. The van der Waals surface area contributed by atoms with Crippen molar-refractivity contribution in [3.05, 3.63) is 29.6 Å². The van der Waals surface area contributed by atoms with Gasteiger partial charge in [-0.3, -0.25) is 4.90 Å². The molecule has 1 fully saturated rings. The van der Waals surface area contributed by atoms with E-state index in [1.54, 1.807) is 12.1 Å². The highest BCUT2D eigenvalue weighted by molar-refractivity contribution is 5.31. The second-order valence-electron chi connectivity index (χ2n) is 6.17. The van der Waals surface area contributed by atoms with Crippen LogP contribution >= 0.6 is 0 Å². The van der Waals surface area contributed by atoms with Crippen LogP contribution in [-0.4, -0.2) is 38.2 Å². The van der Waals surface area contributed by atoms with Crippen LogP contribution in [0.4, 0.5) is 4.39 Å². The lowest BCUT2D eigenvalue weighted by atomic mass is 9.95. The van der Waals surface area contributed by atoms with E-state index < -0.39 is 0 Å². The quantitative estimate of drug-likeness (QED) is 0.872. The molecule has 1 N–H and O–H groups in total. The molecule has 0 bridgehead atoms. The standard InChI is InChI=1S/C17H27FN2O/c1-13(2)4-6-16(20-10-8-19-9-11-20)14-5-7-17(21-3)15(18)12-14/h5,7,12-13,16,19H,4,6,8-11H2,1-3H3/t16-/m0/s1. The number of methoxy groups -OCH3 is 1. The number of nitrogens with one attached hydrogen (secondary N) is 1. The van der Waals surface area contributed by atoms with Crippen molar-refractivity contribution in [1.82, 2.24) is 10.2 Å². The molecule has 1 atom stereocenters. The Balaban J connectivity index is 2.18. The first-order valence-electron chi connectivity index (χ1n) is 7.90. The number of rotatable bonds is 6. The molecule has 118 valence electrons.